The minimum Gasteiger partial charge on any atom is -0.342 e. The minimum atomic E-state index is -0.290. The SMILES string of the molecule is Cc1cc(C)cc(N2CC(C(=O)N3CCCC(c4nnc5ccccn45)C3)CC2=O)c1. The number of likely N-dealkylation sites (tertiary alicyclic amines) is 1. The third-order valence-corrected chi connectivity index (χ3v) is 6.43. The molecule has 7 nitrogen and oxygen atoms in total. The van der Waals surface area contributed by atoms with Gasteiger partial charge in [0.15, 0.2) is 5.65 Å². The molecule has 2 aliphatic heterocycles. The summed E-state index contributed by atoms with van der Waals surface area (Å²) in [5.74, 6) is 0.886. The first-order valence-electron chi connectivity index (χ1n) is 11.0. The Bertz CT molecular complexity index is 1130. The van der Waals surface area contributed by atoms with Crippen molar-refractivity contribution in [2.75, 3.05) is 24.5 Å². The van der Waals surface area contributed by atoms with Gasteiger partial charge in [0.25, 0.3) is 0 Å². The quantitative estimate of drug-likeness (QED) is 0.657. The molecule has 7 heteroatoms. The number of hydrogen-bond acceptors (Lipinski definition) is 4. The predicted octanol–water partition coefficient (Wildman–Crippen LogP) is 3.11. The molecule has 0 saturated carbocycles. The number of anilines is 1. The van der Waals surface area contributed by atoms with Gasteiger partial charge in [0.1, 0.15) is 5.82 Å². The van der Waals surface area contributed by atoms with Gasteiger partial charge in [-0.1, -0.05) is 12.1 Å². The van der Waals surface area contributed by atoms with E-state index < -0.39 is 0 Å². The van der Waals surface area contributed by atoms with Gasteiger partial charge in [-0.15, -0.1) is 10.2 Å². The number of carbonyl (C=O) groups is 2. The molecule has 4 heterocycles. The predicted molar refractivity (Wildman–Crippen MR) is 118 cm³/mol. The van der Waals surface area contributed by atoms with Gasteiger partial charge < -0.3 is 9.80 Å². The van der Waals surface area contributed by atoms with Crippen molar-refractivity contribution in [2.24, 2.45) is 5.92 Å². The Morgan fingerprint density at radius 3 is 2.68 bits per heavy atom. The molecule has 3 aromatic rings. The number of hydrogen-bond donors (Lipinski definition) is 0. The van der Waals surface area contributed by atoms with E-state index in [4.69, 9.17) is 0 Å². The normalized spacial score (nSPS) is 21.8. The molecule has 31 heavy (non-hydrogen) atoms. The van der Waals surface area contributed by atoms with Crippen molar-refractivity contribution < 1.29 is 9.59 Å². The molecular weight excluding hydrogens is 390 g/mol. The number of benzene rings is 1. The van der Waals surface area contributed by atoms with Crippen molar-refractivity contribution in [2.45, 2.75) is 39.0 Å². The topological polar surface area (TPSA) is 70.8 Å². The summed E-state index contributed by atoms with van der Waals surface area (Å²) >= 11 is 0. The van der Waals surface area contributed by atoms with Crippen LogP contribution in [-0.2, 0) is 9.59 Å². The van der Waals surface area contributed by atoms with Gasteiger partial charge >= 0.3 is 0 Å². The van der Waals surface area contributed by atoms with Crippen LogP contribution in [0, 0.1) is 19.8 Å². The third-order valence-electron chi connectivity index (χ3n) is 6.43. The number of fused-ring (bicyclic) bond motifs is 1. The second-order valence-electron chi connectivity index (χ2n) is 8.86. The van der Waals surface area contributed by atoms with E-state index in [2.05, 4.69) is 16.3 Å². The molecule has 0 spiro atoms. The first-order valence-corrected chi connectivity index (χ1v) is 11.0. The van der Waals surface area contributed by atoms with Gasteiger partial charge in [0, 0.05) is 43.9 Å². The van der Waals surface area contributed by atoms with Crippen LogP contribution >= 0.6 is 0 Å². The van der Waals surface area contributed by atoms with Crippen molar-refractivity contribution in [3.05, 3.63) is 59.5 Å². The van der Waals surface area contributed by atoms with Crippen molar-refractivity contribution in [3.63, 3.8) is 0 Å². The van der Waals surface area contributed by atoms with E-state index in [9.17, 15) is 9.59 Å². The average molecular weight is 418 g/mol. The number of aryl methyl sites for hydroxylation is 2. The molecule has 160 valence electrons. The number of amides is 2. The van der Waals surface area contributed by atoms with Crippen LogP contribution in [-0.4, -0.2) is 50.9 Å². The molecule has 0 radical (unpaired) electrons. The summed E-state index contributed by atoms with van der Waals surface area (Å²) in [5.41, 5.74) is 3.96. The van der Waals surface area contributed by atoms with Crippen LogP contribution in [0.5, 0.6) is 0 Å². The van der Waals surface area contributed by atoms with E-state index in [0.717, 1.165) is 47.7 Å². The van der Waals surface area contributed by atoms with Crippen molar-refractivity contribution in [1.29, 1.82) is 0 Å². The highest BCUT2D eigenvalue weighted by Crippen LogP contribution is 2.31. The molecule has 2 saturated heterocycles. The zero-order valence-electron chi connectivity index (χ0n) is 18.0. The molecule has 5 rings (SSSR count). The number of aromatic nitrogens is 3. The Morgan fingerprint density at radius 2 is 1.87 bits per heavy atom. The third kappa shape index (κ3) is 3.69. The van der Waals surface area contributed by atoms with Gasteiger partial charge in [0.2, 0.25) is 11.8 Å². The first-order chi connectivity index (χ1) is 15.0. The number of piperidine rings is 1. The Balaban J connectivity index is 1.31. The lowest BCUT2D eigenvalue weighted by atomic mass is 9.95. The number of pyridine rings is 1. The molecule has 2 aromatic heterocycles. The van der Waals surface area contributed by atoms with Crippen LogP contribution in [0.1, 0.15) is 42.1 Å². The fourth-order valence-electron chi connectivity index (χ4n) is 5.01. The molecule has 2 aliphatic rings. The monoisotopic (exact) mass is 417 g/mol. The van der Waals surface area contributed by atoms with Crippen LogP contribution < -0.4 is 4.90 Å². The molecule has 0 bridgehead atoms. The van der Waals surface area contributed by atoms with E-state index in [1.54, 1.807) is 4.90 Å². The molecule has 2 amide bonds. The lowest BCUT2D eigenvalue weighted by Gasteiger charge is -2.33. The Morgan fingerprint density at radius 1 is 1.06 bits per heavy atom. The fraction of sp³-hybridized carbons (Fsp3) is 0.417. The maximum absolute atomic E-state index is 13.3. The molecule has 1 aromatic carbocycles. The van der Waals surface area contributed by atoms with Crippen molar-refractivity contribution in [1.82, 2.24) is 19.5 Å². The second-order valence-corrected chi connectivity index (χ2v) is 8.86. The molecular formula is C24H27N5O2. The summed E-state index contributed by atoms with van der Waals surface area (Å²) in [5, 5.41) is 8.67. The van der Waals surface area contributed by atoms with Crippen LogP contribution in [0.3, 0.4) is 0 Å². The summed E-state index contributed by atoms with van der Waals surface area (Å²) in [7, 11) is 0. The van der Waals surface area contributed by atoms with E-state index >= 15 is 0 Å². The van der Waals surface area contributed by atoms with Gasteiger partial charge in [-0.3, -0.25) is 14.0 Å². The molecule has 2 atom stereocenters. The highest BCUT2D eigenvalue weighted by atomic mass is 16.2. The fourth-order valence-corrected chi connectivity index (χ4v) is 5.01. The van der Waals surface area contributed by atoms with Crippen LogP contribution in [0.25, 0.3) is 5.65 Å². The van der Waals surface area contributed by atoms with Gasteiger partial charge in [-0.2, -0.15) is 0 Å². The Hall–Kier alpha value is -3.22. The van der Waals surface area contributed by atoms with Crippen LogP contribution in [0.15, 0.2) is 42.6 Å². The standard InChI is InChI=1S/C24H27N5O2/c1-16-10-17(2)12-20(11-16)29-15-19(13-22(29)30)24(31)27-8-5-6-18(14-27)23-26-25-21-7-3-4-9-28(21)23/h3-4,7,9-12,18-19H,5-6,8,13-15H2,1-2H3. The van der Waals surface area contributed by atoms with Crippen molar-refractivity contribution in [3.8, 4) is 0 Å². The Labute approximate surface area is 181 Å². The second kappa shape index (κ2) is 7.80. The summed E-state index contributed by atoms with van der Waals surface area (Å²) in [6.45, 7) is 5.88. The molecule has 2 fully saturated rings. The highest BCUT2D eigenvalue weighted by Gasteiger charge is 2.39. The average Bonchev–Trinajstić information content (AvgIpc) is 3.36. The lowest BCUT2D eigenvalue weighted by molar-refractivity contribution is -0.137. The van der Waals surface area contributed by atoms with Gasteiger partial charge in [0.05, 0.1) is 5.92 Å². The van der Waals surface area contributed by atoms with Crippen LogP contribution in [0.4, 0.5) is 5.69 Å². The first kappa shape index (κ1) is 19.7. The number of rotatable bonds is 3. The highest BCUT2D eigenvalue weighted by molar-refractivity contribution is 6.00. The smallest absolute Gasteiger partial charge is 0.228 e. The molecule has 0 aliphatic carbocycles. The molecule has 2 unspecified atom stereocenters. The van der Waals surface area contributed by atoms with E-state index in [0.29, 0.717) is 13.1 Å². The zero-order valence-corrected chi connectivity index (χ0v) is 18.0. The summed E-state index contributed by atoms with van der Waals surface area (Å²) in [6.07, 6.45) is 4.17. The number of nitrogens with zero attached hydrogens (tertiary/aromatic N) is 5. The Kier molecular flexibility index (Phi) is 4.96. The number of carbonyl (C=O) groups excluding carboxylic acids is 2. The lowest BCUT2D eigenvalue weighted by Crippen LogP contribution is -2.43. The summed E-state index contributed by atoms with van der Waals surface area (Å²) < 4.78 is 2.01. The zero-order chi connectivity index (χ0) is 21.5. The van der Waals surface area contributed by atoms with E-state index in [1.165, 1.54) is 0 Å². The van der Waals surface area contributed by atoms with Gasteiger partial charge in [-0.05, 0) is 62.1 Å². The maximum atomic E-state index is 13.3. The van der Waals surface area contributed by atoms with Crippen LogP contribution in [0.2, 0.25) is 0 Å². The minimum absolute atomic E-state index is 0.0281. The van der Waals surface area contributed by atoms with E-state index in [1.807, 2.05) is 59.7 Å². The maximum Gasteiger partial charge on any atom is 0.228 e. The summed E-state index contributed by atoms with van der Waals surface area (Å²) in [6, 6.07) is 12.0. The largest absolute Gasteiger partial charge is 0.342 e. The molecule has 0 N–H and O–H groups in total. The summed E-state index contributed by atoms with van der Waals surface area (Å²) in [4.78, 5) is 29.8. The van der Waals surface area contributed by atoms with Crippen molar-refractivity contribution >= 4 is 23.1 Å². The van der Waals surface area contributed by atoms with E-state index in [-0.39, 0.29) is 30.1 Å². The van der Waals surface area contributed by atoms with Gasteiger partial charge in [-0.25, -0.2) is 0 Å².